The van der Waals surface area contributed by atoms with Crippen LogP contribution in [0.5, 0.6) is 0 Å². The highest BCUT2D eigenvalue weighted by Crippen LogP contribution is 2.32. The van der Waals surface area contributed by atoms with Crippen LogP contribution in [0, 0.1) is 18.7 Å². The molecule has 0 heterocycles. The fraction of sp³-hybridized carbons (Fsp3) is 0.600. The molecule has 4 heteroatoms. The Morgan fingerprint density at radius 2 is 2.00 bits per heavy atom. The Labute approximate surface area is 113 Å². The van der Waals surface area contributed by atoms with E-state index >= 15 is 0 Å². The molecule has 19 heavy (non-hydrogen) atoms. The summed E-state index contributed by atoms with van der Waals surface area (Å²) in [6.07, 6.45) is 1.26. The fourth-order valence-electron chi connectivity index (χ4n) is 2.43. The van der Waals surface area contributed by atoms with Gasteiger partial charge in [-0.05, 0) is 56.0 Å². The lowest BCUT2D eigenvalue weighted by molar-refractivity contribution is 0.0731. The summed E-state index contributed by atoms with van der Waals surface area (Å²) in [6.45, 7) is 2.80. The van der Waals surface area contributed by atoms with E-state index in [0.29, 0.717) is 19.0 Å². The van der Waals surface area contributed by atoms with E-state index in [1.807, 2.05) is 11.9 Å². The van der Waals surface area contributed by atoms with Crippen LogP contribution < -0.4 is 0 Å². The van der Waals surface area contributed by atoms with E-state index in [4.69, 9.17) is 0 Å². The number of halogens is 1. The third kappa shape index (κ3) is 4.00. The van der Waals surface area contributed by atoms with Crippen LogP contribution in [0.2, 0.25) is 0 Å². The summed E-state index contributed by atoms with van der Waals surface area (Å²) in [5.41, 5.74) is 1.50. The van der Waals surface area contributed by atoms with Gasteiger partial charge in [-0.2, -0.15) is 0 Å². The molecule has 0 amide bonds. The minimum atomic E-state index is -0.656. The van der Waals surface area contributed by atoms with Crippen molar-refractivity contribution in [3.8, 4) is 0 Å². The summed E-state index contributed by atoms with van der Waals surface area (Å²) in [5, 5.41) is 20.0. The molecule has 0 saturated heterocycles. The first-order valence-corrected chi connectivity index (χ1v) is 6.78. The van der Waals surface area contributed by atoms with E-state index in [1.165, 1.54) is 12.1 Å². The van der Waals surface area contributed by atoms with Crippen LogP contribution in [0.25, 0.3) is 0 Å². The van der Waals surface area contributed by atoms with Gasteiger partial charge in [0.15, 0.2) is 0 Å². The summed E-state index contributed by atoms with van der Waals surface area (Å²) < 4.78 is 13.0. The van der Waals surface area contributed by atoms with Crippen molar-refractivity contribution in [3.63, 3.8) is 0 Å². The van der Waals surface area contributed by atoms with Crippen LogP contribution in [0.1, 0.15) is 30.1 Å². The summed E-state index contributed by atoms with van der Waals surface area (Å²) in [7, 11) is 1.88. The Bertz CT molecular complexity index is 434. The fourth-order valence-corrected chi connectivity index (χ4v) is 2.43. The summed E-state index contributed by atoms with van der Waals surface area (Å²) >= 11 is 0. The summed E-state index contributed by atoms with van der Waals surface area (Å²) in [4.78, 5) is 1.93. The van der Waals surface area contributed by atoms with E-state index in [0.717, 1.165) is 24.0 Å². The maximum atomic E-state index is 13.0. The molecule has 1 aliphatic rings. The first-order chi connectivity index (χ1) is 8.97. The second-order valence-electron chi connectivity index (χ2n) is 5.64. The number of nitrogens with zero attached hydrogens (tertiary/aromatic N) is 1. The van der Waals surface area contributed by atoms with Crippen LogP contribution in [0.15, 0.2) is 18.2 Å². The van der Waals surface area contributed by atoms with Crippen LogP contribution in [0.4, 0.5) is 4.39 Å². The van der Waals surface area contributed by atoms with Crippen molar-refractivity contribution in [1.82, 2.24) is 4.90 Å². The van der Waals surface area contributed by atoms with Gasteiger partial charge >= 0.3 is 0 Å². The molecule has 0 bridgehead atoms. The van der Waals surface area contributed by atoms with Gasteiger partial charge in [0.2, 0.25) is 0 Å². The van der Waals surface area contributed by atoms with Crippen molar-refractivity contribution in [1.29, 1.82) is 0 Å². The zero-order valence-corrected chi connectivity index (χ0v) is 11.5. The van der Waals surface area contributed by atoms with Gasteiger partial charge in [0.05, 0.1) is 12.2 Å². The molecule has 2 atom stereocenters. The molecule has 1 aromatic rings. The molecule has 1 saturated carbocycles. The number of benzene rings is 1. The van der Waals surface area contributed by atoms with Crippen molar-refractivity contribution in [2.45, 2.75) is 32.0 Å². The highest BCUT2D eigenvalue weighted by atomic mass is 19.1. The minimum Gasteiger partial charge on any atom is -0.392 e. The van der Waals surface area contributed by atoms with Gasteiger partial charge in [-0.1, -0.05) is 6.07 Å². The predicted octanol–water partition coefficient (Wildman–Crippen LogP) is 1.87. The monoisotopic (exact) mass is 267 g/mol. The molecule has 2 unspecified atom stereocenters. The molecule has 0 spiro atoms. The Balaban J connectivity index is 1.90. The molecule has 0 aliphatic heterocycles. The minimum absolute atomic E-state index is 0.286. The lowest BCUT2D eigenvalue weighted by Crippen LogP contribution is -2.33. The third-order valence-corrected chi connectivity index (χ3v) is 3.74. The quantitative estimate of drug-likeness (QED) is 0.827. The first kappa shape index (κ1) is 14.4. The number of likely N-dealkylation sites (N-methyl/N-ethyl adjacent to an activating group) is 1. The number of aryl methyl sites for hydroxylation is 1. The van der Waals surface area contributed by atoms with Crippen LogP contribution in [-0.4, -0.2) is 41.4 Å². The van der Waals surface area contributed by atoms with Crippen molar-refractivity contribution < 1.29 is 14.6 Å². The molecule has 2 rings (SSSR count). The molecule has 0 radical (unpaired) electrons. The Morgan fingerprint density at radius 3 is 2.58 bits per heavy atom. The standard InChI is InChI=1S/C15H22FNO2/c1-10-7-12(16)5-6-13(10)15(19)9-17(2)8-14(18)11-3-4-11/h5-7,11,14-15,18-19H,3-4,8-9H2,1-2H3. The van der Waals surface area contributed by atoms with E-state index in [9.17, 15) is 14.6 Å². The topological polar surface area (TPSA) is 43.7 Å². The van der Waals surface area contributed by atoms with Crippen LogP contribution in [-0.2, 0) is 0 Å². The Morgan fingerprint density at radius 1 is 1.32 bits per heavy atom. The maximum absolute atomic E-state index is 13.0. The Hall–Kier alpha value is -0.970. The number of aliphatic hydroxyl groups excluding tert-OH is 2. The van der Waals surface area contributed by atoms with Gasteiger partial charge in [-0.15, -0.1) is 0 Å². The molecule has 2 N–H and O–H groups in total. The highest BCUT2D eigenvalue weighted by Gasteiger charge is 2.30. The third-order valence-electron chi connectivity index (χ3n) is 3.74. The zero-order chi connectivity index (χ0) is 14.0. The van der Waals surface area contributed by atoms with E-state index in [2.05, 4.69) is 0 Å². The molecule has 1 fully saturated rings. The van der Waals surface area contributed by atoms with E-state index < -0.39 is 6.10 Å². The number of hydrogen-bond acceptors (Lipinski definition) is 3. The average molecular weight is 267 g/mol. The number of hydrogen-bond donors (Lipinski definition) is 2. The number of aliphatic hydroxyl groups is 2. The van der Waals surface area contributed by atoms with E-state index in [1.54, 1.807) is 13.0 Å². The van der Waals surface area contributed by atoms with Crippen LogP contribution in [0.3, 0.4) is 0 Å². The smallest absolute Gasteiger partial charge is 0.123 e. The molecular formula is C15H22FNO2. The first-order valence-electron chi connectivity index (χ1n) is 6.78. The SMILES string of the molecule is Cc1cc(F)ccc1C(O)CN(C)CC(O)C1CC1. The van der Waals surface area contributed by atoms with Crippen molar-refractivity contribution in [3.05, 3.63) is 35.1 Å². The van der Waals surface area contributed by atoms with Gasteiger partial charge in [0.25, 0.3) is 0 Å². The molecule has 0 aromatic heterocycles. The second kappa shape index (κ2) is 5.99. The molecule has 1 aliphatic carbocycles. The Kier molecular flexibility index (Phi) is 4.55. The normalized spacial score (nSPS) is 18.6. The summed E-state index contributed by atoms with van der Waals surface area (Å²) in [5.74, 6) is 0.151. The lowest BCUT2D eigenvalue weighted by Gasteiger charge is -2.24. The van der Waals surface area contributed by atoms with Gasteiger partial charge in [0.1, 0.15) is 5.82 Å². The number of rotatable bonds is 6. The molecular weight excluding hydrogens is 245 g/mol. The second-order valence-corrected chi connectivity index (χ2v) is 5.64. The lowest BCUT2D eigenvalue weighted by atomic mass is 10.0. The van der Waals surface area contributed by atoms with Gasteiger partial charge in [0, 0.05) is 13.1 Å². The summed E-state index contributed by atoms with van der Waals surface area (Å²) in [6, 6.07) is 4.42. The van der Waals surface area contributed by atoms with Crippen molar-refractivity contribution in [2.24, 2.45) is 5.92 Å². The highest BCUT2D eigenvalue weighted by molar-refractivity contribution is 5.28. The van der Waals surface area contributed by atoms with Gasteiger partial charge < -0.3 is 15.1 Å². The average Bonchev–Trinajstić information content (AvgIpc) is 3.11. The zero-order valence-electron chi connectivity index (χ0n) is 11.5. The largest absolute Gasteiger partial charge is 0.392 e. The van der Waals surface area contributed by atoms with Crippen molar-refractivity contribution >= 4 is 0 Å². The molecule has 3 nitrogen and oxygen atoms in total. The van der Waals surface area contributed by atoms with E-state index in [-0.39, 0.29) is 11.9 Å². The molecule has 1 aromatic carbocycles. The maximum Gasteiger partial charge on any atom is 0.123 e. The van der Waals surface area contributed by atoms with Crippen LogP contribution >= 0.6 is 0 Å². The van der Waals surface area contributed by atoms with Gasteiger partial charge in [-0.25, -0.2) is 4.39 Å². The van der Waals surface area contributed by atoms with Crippen molar-refractivity contribution in [2.75, 3.05) is 20.1 Å². The molecule has 106 valence electrons. The van der Waals surface area contributed by atoms with Gasteiger partial charge in [-0.3, -0.25) is 0 Å². The predicted molar refractivity (Wildman–Crippen MR) is 72.3 cm³/mol.